The fraction of sp³-hybridized carbons (Fsp3) is 0.400. The molecule has 0 aliphatic heterocycles. The highest BCUT2D eigenvalue weighted by Gasteiger charge is 1.91. The number of aromatic nitrogens is 1. The van der Waals surface area contributed by atoms with Crippen molar-refractivity contribution in [1.82, 2.24) is 5.16 Å². The summed E-state index contributed by atoms with van der Waals surface area (Å²) >= 11 is 5.41. The molecular formula is C5H6ClNO. The summed E-state index contributed by atoms with van der Waals surface area (Å²) in [5.41, 5.74) is 0.917. The van der Waals surface area contributed by atoms with Crippen molar-refractivity contribution in [3.05, 3.63) is 18.0 Å². The molecule has 0 radical (unpaired) electrons. The lowest BCUT2D eigenvalue weighted by Crippen LogP contribution is -1.82. The lowest BCUT2D eigenvalue weighted by Gasteiger charge is -1.81. The Morgan fingerprint density at radius 1 is 1.75 bits per heavy atom. The first kappa shape index (κ1) is 5.63. The van der Waals surface area contributed by atoms with Crippen LogP contribution >= 0.6 is 11.6 Å². The highest BCUT2D eigenvalue weighted by Crippen LogP contribution is 1.95. The van der Waals surface area contributed by atoms with E-state index >= 15 is 0 Å². The molecule has 3 heteroatoms. The molecule has 0 aliphatic carbocycles. The Labute approximate surface area is 52.4 Å². The van der Waals surface area contributed by atoms with Crippen molar-refractivity contribution in [2.24, 2.45) is 0 Å². The molecule has 2 nitrogen and oxygen atoms in total. The molecule has 0 aliphatic rings. The molecule has 0 spiro atoms. The summed E-state index contributed by atoms with van der Waals surface area (Å²) in [6.45, 7) is 0. The maximum Gasteiger partial charge on any atom is 0.124 e. The van der Waals surface area contributed by atoms with Crippen LogP contribution in [-0.2, 0) is 6.42 Å². The number of nitrogens with zero attached hydrogens (tertiary/aromatic N) is 1. The number of rotatable bonds is 2. The van der Waals surface area contributed by atoms with Gasteiger partial charge in [0, 0.05) is 18.4 Å². The van der Waals surface area contributed by atoms with E-state index in [1.807, 2.05) is 6.07 Å². The van der Waals surface area contributed by atoms with Crippen LogP contribution in [0, 0.1) is 0 Å². The van der Waals surface area contributed by atoms with Crippen LogP contribution in [0.25, 0.3) is 0 Å². The van der Waals surface area contributed by atoms with Gasteiger partial charge in [-0.1, -0.05) is 5.16 Å². The molecule has 0 fully saturated rings. The van der Waals surface area contributed by atoms with Crippen LogP contribution in [0.4, 0.5) is 0 Å². The van der Waals surface area contributed by atoms with Crippen LogP contribution in [0.3, 0.4) is 0 Å². The number of hydrogen-bond donors (Lipinski definition) is 0. The Kier molecular flexibility index (Phi) is 1.92. The second kappa shape index (κ2) is 2.72. The third kappa shape index (κ3) is 1.23. The predicted molar refractivity (Wildman–Crippen MR) is 30.9 cm³/mol. The molecule has 1 heterocycles. The van der Waals surface area contributed by atoms with E-state index in [9.17, 15) is 0 Å². The average molecular weight is 132 g/mol. The van der Waals surface area contributed by atoms with Crippen molar-refractivity contribution in [1.29, 1.82) is 0 Å². The maximum absolute atomic E-state index is 5.41. The third-order valence-corrected chi connectivity index (χ3v) is 1.03. The first-order chi connectivity index (χ1) is 3.93. The van der Waals surface area contributed by atoms with Gasteiger partial charge in [-0.2, -0.15) is 0 Å². The molecule has 8 heavy (non-hydrogen) atoms. The van der Waals surface area contributed by atoms with Gasteiger partial charge in [0.1, 0.15) is 6.26 Å². The van der Waals surface area contributed by atoms with E-state index < -0.39 is 0 Å². The Morgan fingerprint density at radius 2 is 2.62 bits per heavy atom. The molecular weight excluding hydrogens is 126 g/mol. The number of halogens is 1. The zero-order chi connectivity index (χ0) is 5.82. The predicted octanol–water partition coefficient (Wildman–Crippen LogP) is 1.46. The van der Waals surface area contributed by atoms with Gasteiger partial charge in [-0.25, -0.2) is 0 Å². The van der Waals surface area contributed by atoms with Gasteiger partial charge in [0.2, 0.25) is 0 Å². The van der Waals surface area contributed by atoms with Crippen molar-refractivity contribution < 1.29 is 4.52 Å². The van der Waals surface area contributed by atoms with Gasteiger partial charge in [-0.3, -0.25) is 0 Å². The van der Waals surface area contributed by atoms with Gasteiger partial charge in [-0.05, 0) is 0 Å². The normalized spacial score (nSPS) is 9.62. The Bertz CT molecular complexity index is 138. The Hall–Kier alpha value is -0.500. The SMILES string of the molecule is ClCCc1ccon1. The Balaban J connectivity index is 2.50. The maximum atomic E-state index is 5.41. The first-order valence-corrected chi connectivity index (χ1v) is 2.92. The second-order valence-electron chi connectivity index (χ2n) is 1.43. The summed E-state index contributed by atoms with van der Waals surface area (Å²) in [7, 11) is 0. The monoisotopic (exact) mass is 131 g/mol. The van der Waals surface area contributed by atoms with Crippen molar-refractivity contribution in [2.45, 2.75) is 6.42 Å². The fourth-order valence-electron chi connectivity index (χ4n) is 0.463. The zero-order valence-electron chi connectivity index (χ0n) is 4.30. The van der Waals surface area contributed by atoms with Gasteiger partial charge >= 0.3 is 0 Å². The molecule has 0 bridgehead atoms. The molecule has 0 amide bonds. The number of hydrogen-bond acceptors (Lipinski definition) is 2. The quantitative estimate of drug-likeness (QED) is 0.568. The molecule has 0 saturated heterocycles. The van der Waals surface area contributed by atoms with E-state index in [1.54, 1.807) is 6.26 Å². The first-order valence-electron chi connectivity index (χ1n) is 2.38. The van der Waals surface area contributed by atoms with E-state index in [1.165, 1.54) is 0 Å². The second-order valence-corrected chi connectivity index (χ2v) is 1.81. The van der Waals surface area contributed by atoms with Crippen molar-refractivity contribution >= 4 is 11.6 Å². The van der Waals surface area contributed by atoms with Crippen LogP contribution in [0.5, 0.6) is 0 Å². The van der Waals surface area contributed by atoms with Gasteiger partial charge < -0.3 is 4.52 Å². The summed E-state index contributed by atoms with van der Waals surface area (Å²) in [5, 5.41) is 3.65. The average Bonchev–Trinajstić information content (AvgIpc) is 2.19. The Morgan fingerprint density at radius 3 is 3.12 bits per heavy atom. The number of aryl methyl sites for hydroxylation is 1. The van der Waals surface area contributed by atoms with Crippen LogP contribution in [0.15, 0.2) is 16.9 Å². The van der Waals surface area contributed by atoms with Crippen LogP contribution in [0.1, 0.15) is 5.69 Å². The standard InChI is InChI=1S/C5H6ClNO/c6-3-1-5-2-4-8-7-5/h2,4H,1,3H2. The van der Waals surface area contributed by atoms with Gasteiger partial charge in [0.15, 0.2) is 0 Å². The molecule has 1 aromatic heterocycles. The lowest BCUT2D eigenvalue weighted by molar-refractivity contribution is 0.412. The van der Waals surface area contributed by atoms with Crippen molar-refractivity contribution in [3.63, 3.8) is 0 Å². The summed E-state index contributed by atoms with van der Waals surface area (Å²) in [6.07, 6.45) is 2.33. The van der Waals surface area contributed by atoms with Crippen molar-refractivity contribution in [3.8, 4) is 0 Å². The molecule has 0 unspecified atom stereocenters. The summed E-state index contributed by atoms with van der Waals surface area (Å²) in [4.78, 5) is 0. The molecule has 1 aromatic rings. The third-order valence-electron chi connectivity index (χ3n) is 0.842. The van der Waals surface area contributed by atoms with Gasteiger partial charge in [0.05, 0.1) is 5.69 Å². The van der Waals surface area contributed by atoms with Crippen LogP contribution < -0.4 is 0 Å². The lowest BCUT2D eigenvalue weighted by atomic mass is 10.3. The molecule has 0 aromatic carbocycles. The fourth-order valence-corrected chi connectivity index (χ4v) is 0.657. The largest absolute Gasteiger partial charge is 0.365 e. The number of alkyl halides is 1. The highest BCUT2D eigenvalue weighted by molar-refractivity contribution is 6.17. The molecule has 0 N–H and O–H groups in total. The van der Waals surface area contributed by atoms with Gasteiger partial charge in [0.25, 0.3) is 0 Å². The zero-order valence-corrected chi connectivity index (χ0v) is 5.06. The smallest absolute Gasteiger partial charge is 0.124 e. The van der Waals surface area contributed by atoms with E-state index in [4.69, 9.17) is 11.6 Å². The van der Waals surface area contributed by atoms with Crippen LogP contribution in [-0.4, -0.2) is 11.0 Å². The molecule has 1 rings (SSSR count). The van der Waals surface area contributed by atoms with Crippen LogP contribution in [0.2, 0.25) is 0 Å². The minimum Gasteiger partial charge on any atom is -0.365 e. The minimum absolute atomic E-state index is 0.604. The van der Waals surface area contributed by atoms with Gasteiger partial charge in [-0.15, -0.1) is 11.6 Å². The summed E-state index contributed by atoms with van der Waals surface area (Å²) < 4.78 is 4.56. The topological polar surface area (TPSA) is 26.0 Å². The minimum atomic E-state index is 0.604. The molecule has 0 atom stereocenters. The van der Waals surface area contributed by atoms with E-state index in [2.05, 4.69) is 9.68 Å². The molecule has 0 saturated carbocycles. The molecule has 44 valence electrons. The highest BCUT2D eigenvalue weighted by atomic mass is 35.5. The van der Waals surface area contributed by atoms with E-state index in [0.717, 1.165) is 12.1 Å². The van der Waals surface area contributed by atoms with E-state index in [0.29, 0.717) is 5.88 Å². The van der Waals surface area contributed by atoms with Crippen molar-refractivity contribution in [2.75, 3.05) is 5.88 Å². The van der Waals surface area contributed by atoms with E-state index in [-0.39, 0.29) is 0 Å². The summed E-state index contributed by atoms with van der Waals surface area (Å²) in [5.74, 6) is 0.604. The summed E-state index contributed by atoms with van der Waals surface area (Å²) in [6, 6.07) is 1.81.